The van der Waals surface area contributed by atoms with Gasteiger partial charge in [0, 0.05) is 76.6 Å². The van der Waals surface area contributed by atoms with E-state index in [0.29, 0.717) is 13.1 Å². The maximum atomic E-state index is 12.5. The third-order valence-electron chi connectivity index (χ3n) is 7.07. The lowest BCUT2D eigenvalue weighted by Gasteiger charge is -2.32. The van der Waals surface area contributed by atoms with Gasteiger partial charge in [0.1, 0.15) is 11.5 Å². The van der Waals surface area contributed by atoms with Crippen LogP contribution in [0.15, 0.2) is 48.6 Å². The molecule has 2 aromatic rings. The summed E-state index contributed by atoms with van der Waals surface area (Å²) in [6.07, 6.45) is 6.67. The summed E-state index contributed by atoms with van der Waals surface area (Å²) < 4.78 is 0. The monoisotopic (exact) mass is 490 g/mol. The van der Waals surface area contributed by atoms with Gasteiger partial charge in [0.25, 0.3) is 0 Å². The number of allylic oxidation sites excluding steroid dienone is 2. The maximum absolute atomic E-state index is 12.5. The van der Waals surface area contributed by atoms with Crippen molar-refractivity contribution in [2.45, 2.75) is 13.1 Å². The van der Waals surface area contributed by atoms with Crippen molar-refractivity contribution in [3.8, 4) is 11.5 Å². The Bertz CT molecular complexity index is 1010. The van der Waals surface area contributed by atoms with E-state index in [9.17, 15) is 15.0 Å². The van der Waals surface area contributed by atoms with Crippen LogP contribution in [0.5, 0.6) is 11.5 Å². The average Bonchev–Trinajstić information content (AvgIpc) is 2.87. The van der Waals surface area contributed by atoms with Gasteiger partial charge in [-0.05, 0) is 61.6 Å². The molecule has 0 amide bonds. The molecule has 0 spiro atoms. The molecule has 2 fully saturated rings. The Balaban J connectivity index is 1.35. The smallest absolute Gasteiger partial charge is 0.178 e. The Hall–Kier alpha value is -2.97. The molecule has 2 aliphatic rings. The number of piperazine rings is 2. The zero-order valence-electron chi connectivity index (χ0n) is 21.4. The zero-order chi connectivity index (χ0) is 25.5. The number of rotatable bonds is 8. The molecule has 7 heteroatoms. The predicted molar refractivity (Wildman–Crippen MR) is 145 cm³/mol. The highest BCUT2D eigenvalue weighted by Crippen LogP contribution is 2.23. The first-order valence-corrected chi connectivity index (χ1v) is 12.7. The van der Waals surface area contributed by atoms with Crippen LogP contribution in [0.25, 0.3) is 12.2 Å². The number of nitrogens with zero attached hydrogens (tertiary/aromatic N) is 4. The second-order valence-electron chi connectivity index (χ2n) is 10.0. The Morgan fingerprint density at radius 3 is 1.47 bits per heavy atom. The molecule has 0 saturated carbocycles. The van der Waals surface area contributed by atoms with Crippen LogP contribution in [-0.4, -0.2) is 102 Å². The molecule has 2 saturated heterocycles. The van der Waals surface area contributed by atoms with Gasteiger partial charge in [-0.3, -0.25) is 14.6 Å². The van der Waals surface area contributed by atoms with Crippen LogP contribution < -0.4 is 0 Å². The number of hydrogen-bond donors (Lipinski definition) is 2. The molecule has 0 bridgehead atoms. The number of likely N-dealkylation sites (N-methyl/N-ethyl adjacent to an activating group) is 2. The van der Waals surface area contributed by atoms with Gasteiger partial charge in [-0.25, -0.2) is 0 Å². The minimum absolute atomic E-state index is 0.114. The average molecular weight is 491 g/mol. The summed E-state index contributed by atoms with van der Waals surface area (Å²) in [5.74, 6) is 0.464. The Morgan fingerprint density at radius 1 is 0.694 bits per heavy atom. The molecule has 7 nitrogen and oxygen atoms in total. The van der Waals surface area contributed by atoms with Crippen LogP contribution in [0.3, 0.4) is 0 Å². The zero-order valence-corrected chi connectivity index (χ0v) is 21.4. The number of carbonyl (C=O) groups is 1. The summed E-state index contributed by atoms with van der Waals surface area (Å²) in [5.41, 5.74) is 3.53. The van der Waals surface area contributed by atoms with Crippen molar-refractivity contribution < 1.29 is 15.0 Å². The first kappa shape index (κ1) is 26.1. The van der Waals surface area contributed by atoms with Crippen molar-refractivity contribution in [1.82, 2.24) is 19.6 Å². The minimum Gasteiger partial charge on any atom is -0.508 e. The molecular weight excluding hydrogens is 452 g/mol. The fraction of sp³-hybridized carbons (Fsp3) is 0.414. The highest BCUT2D eigenvalue weighted by molar-refractivity contribution is 6.04. The second-order valence-corrected chi connectivity index (χ2v) is 10.0. The number of ketones is 1. The number of hydrogen-bond acceptors (Lipinski definition) is 7. The molecule has 192 valence electrons. The molecule has 0 atom stereocenters. The molecule has 0 aliphatic carbocycles. The van der Waals surface area contributed by atoms with E-state index >= 15 is 0 Å². The van der Waals surface area contributed by atoms with E-state index in [1.807, 2.05) is 24.3 Å². The first-order valence-electron chi connectivity index (χ1n) is 12.7. The van der Waals surface area contributed by atoms with Gasteiger partial charge < -0.3 is 20.0 Å². The topological polar surface area (TPSA) is 70.5 Å². The van der Waals surface area contributed by atoms with Gasteiger partial charge in [0.2, 0.25) is 0 Å². The van der Waals surface area contributed by atoms with E-state index in [1.165, 1.54) is 0 Å². The van der Waals surface area contributed by atoms with Crippen LogP contribution in [0.2, 0.25) is 0 Å². The largest absolute Gasteiger partial charge is 0.508 e. The molecule has 36 heavy (non-hydrogen) atoms. The number of carbonyl (C=O) groups excluding carboxylic acids is 1. The molecule has 0 radical (unpaired) electrons. The van der Waals surface area contributed by atoms with Crippen molar-refractivity contribution in [1.29, 1.82) is 0 Å². The van der Waals surface area contributed by atoms with E-state index in [0.717, 1.165) is 74.6 Å². The fourth-order valence-corrected chi connectivity index (χ4v) is 4.58. The van der Waals surface area contributed by atoms with Gasteiger partial charge in [-0.2, -0.15) is 0 Å². The van der Waals surface area contributed by atoms with E-state index < -0.39 is 0 Å². The number of aromatic hydroxyl groups is 2. The van der Waals surface area contributed by atoms with Gasteiger partial charge in [0.05, 0.1) is 0 Å². The summed E-state index contributed by atoms with van der Waals surface area (Å²) in [7, 11) is 4.25. The van der Waals surface area contributed by atoms with Crippen LogP contribution in [0.1, 0.15) is 22.3 Å². The standard InChI is InChI=1S/C29H38N4O3/c1-30-11-15-32(16-12-30)21-25-19-23(5-9-28(25)35)3-7-27(34)8-4-24-6-10-29(36)26(20-24)22-33-17-13-31(2)14-18-33/h3-10,19-20,35-36H,11-18,21-22H2,1-2H3. The molecule has 2 heterocycles. The molecule has 2 aliphatic heterocycles. The SMILES string of the molecule is CN1CCN(Cc2cc(C=CC(=O)C=Cc3ccc(O)c(CN4CCN(C)CC4)c3)ccc2O)CC1. The van der Waals surface area contributed by atoms with Gasteiger partial charge in [-0.15, -0.1) is 0 Å². The minimum atomic E-state index is -0.114. The Kier molecular flexibility index (Phi) is 8.93. The van der Waals surface area contributed by atoms with E-state index in [-0.39, 0.29) is 17.3 Å². The molecule has 4 rings (SSSR count). The highest BCUT2D eigenvalue weighted by Gasteiger charge is 2.16. The fourth-order valence-electron chi connectivity index (χ4n) is 4.58. The van der Waals surface area contributed by atoms with Crippen LogP contribution in [0, 0.1) is 0 Å². The molecule has 2 N–H and O–H groups in total. The van der Waals surface area contributed by atoms with Crippen molar-refractivity contribution in [3.05, 3.63) is 70.8 Å². The van der Waals surface area contributed by atoms with Crippen LogP contribution in [-0.2, 0) is 17.9 Å². The second kappa shape index (κ2) is 12.3. The quantitative estimate of drug-likeness (QED) is 0.552. The Morgan fingerprint density at radius 2 is 1.08 bits per heavy atom. The molecule has 0 unspecified atom stereocenters. The predicted octanol–water partition coefficient (Wildman–Crippen LogP) is 2.89. The third kappa shape index (κ3) is 7.51. The number of benzene rings is 2. The number of phenolic OH excluding ortho intramolecular Hbond substituents is 2. The van der Waals surface area contributed by atoms with Crippen LogP contribution >= 0.6 is 0 Å². The van der Waals surface area contributed by atoms with E-state index in [2.05, 4.69) is 33.7 Å². The van der Waals surface area contributed by atoms with Gasteiger partial charge in [-0.1, -0.05) is 24.3 Å². The summed E-state index contributed by atoms with van der Waals surface area (Å²) in [6.45, 7) is 9.43. The van der Waals surface area contributed by atoms with Crippen molar-refractivity contribution in [2.75, 3.05) is 66.5 Å². The summed E-state index contributed by atoms with van der Waals surface area (Å²) in [6, 6.07) is 10.9. The summed E-state index contributed by atoms with van der Waals surface area (Å²) in [5, 5.41) is 20.6. The molecular formula is C29H38N4O3. The van der Waals surface area contributed by atoms with Crippen molar-refractivity contribution in [2.24, 2.45) is 0 Å². The van der Waals surface area contributed by atoms with E-state index in [1.54, 1.807) is 36.4 Å². The first-order chi connectivity index (χ1) is 17.4. The lowest BCUT2D eigenvalue weighted by Crippen LogP contribution is -2.43. The van der Waals surface area contributed by atoms with E-state index in [4.69, 9.17) is 0 Å². The lowest BCUT2D eigenvalue weighted by atomic mass is 10.1. The van der Waals surface area contributed by atoms with Crippen molar-refractivity contribution in [3.63, 3.8) is 0 Å². The summed E-state index contributed by atoms with van der Waals surface area (Å²) >= 11 is 0. The van der Waals surface area contributed by atoms with Gasteiger partial charge in [0.15, 0.2) is 5.78 Å². The maximum Gasteiger partial charge on any atom is 0.178 e. The molecule has 0 aromatic heterocycles. The van der Waals surface area contributed by atoms with Gasteiger partial charge >= 0.3 is 0 Å². The lowest BCUT2D eigenvalue weighted by molar-refractivity contribution is -0.110. The number of phenols is 2. The van der Waals surface area contributed by atoms with Crippen LogP contribution in [0.4, 0.5) is 0 Å². The van der Waals surface area contributed by atoms with Crippen molar-refractivity contribution >= 4 is 17.9 Å². The normalized spacial score (nSPS) is 18.9. The third-order valence-corrected chi connectivity index (χ3v) is 7.07. The Labute approximate surface area is 214 Å². The summed E-state index contributed by atoms with van der Waals surface area (Å²) in [4.78, 5) is 21.8. The highest BCUT2D eigenvalue weighted by atomic mass is 16.3. The molecule has 2 aromatic carbocycles.